The number of nitrogen functional groups attached to an aromatic ring is 1. The molecule has 0 heterocycles. The van der Waals surface area contributed by atoms with E-state index < -0.39 is 0 Å². The molecule has 0 aliphatic heterocycles. The van der Waals surface area contributed by atoms with Gasteiger partial charge in [0.2, 0.25) is 0 Å². The van der Waals surface area contributed by atoms with Crippen LogP contribution in [0.4, 0.5) is 5.69 Å². The first-order valence-electron chi connectivity index (χ1n) is 5.69. The van der Waals surface area contributed by atoms with Crippen LogP contribution in [0.15, 0.2) is 24.3 Å². The van der Waals surface area contributed by atoms with E-state index >= 15 is 0 Å². The summed E-state index contributed by atoms with van der Waals surface area (Å²) in [6.07, 6.45) is 0. The average Bonchev–Trinajstić information content (AvgIpc) is 2.31. The highest BCUT2D eigenvalue weighted by Crippen LogP contribution is 2.19. The van der Waals surface area contributed by atoms with Gasteiger partial charge in [0.05, 0.1) is 17.7 Å². The average molecular weight is 233 g/mol. The molecule has 4 nitrogen and oxygen atoms in total. The van der Waals surface area contributed by atoms with E-state index in [4.69, 9.17) is 15.7 Å². The van der Waals surface area contributed by atoms with E-state index in [2.05, 4.69) is 11.0 Å². The molecule has 1 aromatic carbocycles. The zero-order valence-electron chi connectivity index (χ0n) is 10.4. The van der Waals surface area contributed by atoms with Crippen molar-refractivity contribution in [1.29, 1.82) is 5.26 Å². The normalized spacial score (nSPS) is 12.1. The maximum absolute atomic E-state index is 8.70. The van der Waals surface area contributed by atoms with Crippen molar-refractivity contribution in [1.82, 2.24) is 4.90 Å². The molecule has 4 heteroatoms. The minimum absolute atomic E-state index is 0.0433. The summed E-state index contributed by atoms with van der Waals surface area (Å²) < 4.78 is 5.57. The van der Waals surface area contributed by atoms with Gasteiger partial charge in [-0.2, -0.15) is 5.26 Å². The molecule has 1 atom stereocenters. The van der Waals surface area contributed by atoms with Gasteiger partial charge >= 0.3 is 0 Å². The highest BCUT2D eigenvalue weighted by Gasteiger charge is 2.05. The summed E-state index contributed by atoms with van der Waals surface area (Å²) in [5, 5.41) is 8.70. The Bertz CT molecular complexity index is 386. The fourth-order valence-corrected chi connectivity index (χ4v) is 1.52. The van der Waals surface area contributed by atoms with Gasteiger partial charge < -0.3 is 15.4 Å². The van der Waals surface area contributed by atoms with Gasteiger partial charge in [-0.1, -0.05) is 12.1 Å². The van der Waals surface area contributed by atoms with Crippen LogP contribution in [0.2, 0.25) is 0 Å². The van der Waals surface area contributed by atoms with Crippen LogP contribution in [0.1, 0.15) is 6.92 Å². The molecule has 17 heavy (non-hydrogen) atoms. The van der Waals surface area contributed by atoms with Gasteiger partial charge in [-0.25, -0.2) is 0 Å². The molecule has 0 aliphatic carbocycles. The maximum Gasteiger partial charge on any atom is 0.142 e. The number of hydrogen-bond donors (Lipinski definition) is 1. The van der Waals surface area contributed by atoms with Crippen molar-refractivity contribution in [2.45, 2.75) is 6.92 Å². The Morgan fingerprint density at radius 3 is 2.82 bits per heavy atom. The Labute approximate surface area is 103 Å². The summed E-state index contributed by atoms with van der Waals surface area (Å²) in [5.74, 6) is 0.760. The zero-order chi connectivity index (χ0) is 12.7. The molecule has 0 amide bonds. The fourth-order valence-electron chi connectivity index (χ4n) is 1.52. The van der Waals surface area contributed by atoms with Gasteiger partial charge in [-0.15, -0.1) is 0 Å². The summed E-state index contributed by atoms with van der Waals surface area (Å²) in [7, 11) is 1.98. The van der Waals surface area contributed by atoms with Crippen molar-refractivity contribution in [3.05, 3.63) is 24.3 Å². The second kappa shape index (κ2) is 6.77. The lowest BCUT2D eigenvalue weighted by atomic mass is 10.2. The summed E-state index contributed by atoms with van der Waals surface area (Å²) >= 11 is 0. The number of nitrogens with two attached hydrogens (primary N) is 1. The number of rotatable bonds is 6. The smallest absolute Gasteiger partial charge is 0.142 e. The maximum atomic E-state index is 8.70. The molecule has 2 N–H and O–H groups in total. The molecule has 0 aromatic heterocycles. The van der Waals surface area contributed by atoms with Gasteiger partial charge in [0, 0.05) is 13.1 Å². The lowest BCUT2D eigenvalue weighted by molar-refractivity contribution is 0.229. The van der Waals surface area contributed by atoms with Crippen molar-refractivity contribution in [3.63, 3.8) is 0 Å². The summed E-state index contributed by atoms with van der Waals surface area (Å²) in [4.78, 5) is 2.08. The number of para-hydroxylation sites is 2. The molecular weight excluding hydrogens is 214 g/mol. The molecule has 1 rings (SSSR count). The SMILES string of the molecule is CC(C#N)CN(C)CCOc1ccccc1N. The van der Waals surface area contributed by atoms with Crippen LogP contribution in [0.5, 0.6) is 5.75 Å². The number of hydrogen-bond acceptors (Lipinski definition) is 4. The highest BCUT2D eigenvalue weighted by atomic mass is 16.5. The molecule has 1 aromatic rings. The van der Waals surface area contributed by atoms with Crippen molar-refractivity contribution in [3.8, 4) is 11.8 Å². The molecule has 0 saturated carbocycles. The summed E-state index contributed by atoms with van der Waals surface area (Å²) in [6, 6.07) is 9.66. The third kappa shape index (κ3) is 4.75. The lowest BCUT2D eigenvalue weighted by Gasteiger charge is -2.18. The first kappa shape index (κ1) is 13.3. The molecule has 0 saturated heterocycles. The van der Waals surface area contributed by atoms with Crippen molar-refractivity contribution in [2.24, 2.45) is 5.92 Å². The van der Waals surface area contributed by atoms with Gasteiger partial charge in [-0.05, 0) is 26.1 Å². The molecule has 0 fully saturated rings. The number of ether oxygens (including phenoxy) is 1. The van der Waals surface area contributed by atoms with Crippen LogP contribution in [0.3, 0.4) is 0 Å². The van der Waals surface area contributed by atoms with Gasteiger partial charge in [-0.3, -0.25) is 0 Å². The molecule has 92 valence electrons. The second-order valence-electron chi connectivity index (χ2n) is 4.18. The van der Waals surface area contributed by atoms with Crippen LogP contribution in [0, 0.1) is 17.2 Å². The monoisotopic (exact) mass is 233 g/mol. The van der Waals surface area contributed by atoms with Crippen LogP contribution in [0.25, 0.3) is 0 Å². The van der Waals surface area contributed by atoms with Gasteiger partial charge in [0.15, 0.2) is 0 Å². The van der Waals surface area contributed by atoms with E-state index in [0.29, 0.717) is 18.0 Å². The Balaban J connectivity index is 2.29. The highest BCUT2D eigenvalue weighted by molar-refractivity contribution is 5.51. The van der Waals surface area contributed by atoms with E-state index in [1.165, 1.54) is 0 Å². The van der Waals surface area contributed by atoms with Crippen LogP contribution >= 0.6 is 0 Å². The quantitative estimate of drug-likeness (QED) is 0.760. The molecular formula is C13H19N3O. The van der Waals surface area contributed by atoms with E-state index in [0.717, 1.165) is 13.1 Å². The Morgan fingerprint density at radius 2 is 2.18 bits per heavy atom. The van der Waals surface area contributed by atoms with Crippen LogP contribution in [-0.4, -0.2) is 31.6 Å². The number of anilines is 1. The fraction of sp³-hybridized carbons (Fsp3) is 0.462. The standard InChI is InChI=1S/C13H19N3O/c1-11(9-14)10-16(2)7-8-17-13-6-4-3-5-12(13)15/h3-6,11H,7-8,10,15H2,1-2H3. The molecule has 0 aliphatic rings. The summed E-state index contributed by atoms with van der Waals surface area (Å²) in [6.45, 7) is 4.01. The number of nitrogens with zero attached hydrogens (tertiary/aromatic N) is 2. The van der Waals surface area contributed by atoms with Crippen molar-refractivity contribution >= 4 is 5.69 Å². The van der Waals surface area contributed by atoms with Gasteiger partial charge in [0.1, 0.15) is 12.4 Å². The number of nitriles is 1. The molecule has 0 bridgehead atoms. The first-order valence-corrected chi connectivity index (χ1v) is 5.69. The third-order valence-corrected chi connectivity index (χ3v) is 2.46. The molecule has 1 unspecified atom stereocenters. The minimum Gasteiger partial charge on any atom is -0.490 e. The lowest BCUT2D eigenvalue weighted by Crippen LogP contribution is -2.28. The van der Waals surface area contributed by atoms with Crippen LogP contribution in [-0.2, 0) is 0 Å². The van der Waals surface area contributed by atoms with E-state index in [1.807, 2.05) is 38.2 Å². The van der Waals surface area contributed by atoms with Crippen LogP contribution < -0.4 is 10.5 Å². The van der Waals surface area contributed by atoms with Crippen molar-refractivity contribution in [2.75, 3.05) is 32.5 Å². The van der Waals surface area contributed by atoms with Crippen molar-refractivity contribution < 1.29 is 4.74 Å². The summed E-state index contributed by atoms with van der Waals surface area (Å²) in [5.41, 5.74) is 6.41. The van der Waals surface area contributed by atoms with Gasteiger partial charge in [0.25, 0.3) is 0 Å². The predicted octanol–water partition coefficient (Wildman–Crippen LogP) is 1.74. The predicted molar refractivity (Wildman–Crippen MR) is 68.6 cm³/mol. The first-order chi connectivity index (χ1) is 8.13. The van der Waals surface area contributed by atoms with E-state index in [-0.39, 0.29) is 5.92 Å². The Kier molecular flexibility index (Phi) is 5.31. The number of benzene rings is 1. The zero-order valence-corrected chi connectivity index (χ0v) is 10.4. The topological polar surface area (TPSA) is 62.3 Å². The van der Waals surface area contributed by atoms with E-state index in [1.54, 1.807) is 0 Å². The Morgan fingerprint density at radius 1 is 1.47 bits per heavy atom. The largest absolute Gasteiger partial charge is 0.490 e. The molecule has 0 spiro atoms. The molecule has 0 radical (unpaired) electrons. The second-order valence-corrected chi connectivity index (χ2v) is 4.18. The minimum atomic E-state index is 0.0433. The van der Waals surface area contributed by atoms with E-state index in [9.17, 15) is 0 Å². The number of likely N-dealkylation sites (N-methyl/N-ethyl adjacent to an activating group) is 1. The Hall–Kier alpha value is -1.73. The third-order valence-electron chi connectivity index (χ3n) is 2.46.